The molecule has 0 aliphatic rings. The van der Waals surface area contributed by atoms with Crippen LogP contribution in [0.3, 0.4) is 0 Å². The molecule has 0 aliphatic heterocycles. The van der Waals surface area contributed by atoms with E-state index in [1.165, 1.54) is 24.6 Å². The third-order valence-electron chi connectivity index (χ3n) is 4.24. The van der Waals surface area contributed by atoms with Crippen LogP contribution in [0.25, 0.3) is 11.0 Å². The third kappa shape index (κ3) is 3.71. The van der Waals surface area contributed by atoms with Gasteiger partial charge in [-0.15, -0.1) is 11.3 Å². The molecule has 142 valence electrons. The summed E-state index contributed by atoms with van der Waals surface area (Å²) >= 11 is 1.33. The summed E-state index contributed by atoms with van der Waals surface area (Å²) in [6.45, 7) is 6.03. The molecule has 3 rings (SSSR count). The standard InChI is InChI=1S/C19H22N4O3S/c1-10(2)6-13-9-27-18(15(13)19(25)26-5)21-17(24)12-7-14-11(3)22-23(4)16(14)20-8-12/h7-10H,6H2,1-5H3,(H,21,24). The summed E-state index contributed by atoms with van der Waals surface area (Å²) in [6, 6.07) is 1.76. The average Bonchev–Trinajstić information content (AvgIpc) is 3.14. The topological polar surface area (TPSA) is 86.1 Å². The number of carbonyl (C=O) groups is 2. The number of nitrogens with zero attached hydrogens (tertiary/aromatic N) is 3. The quantitative estimate of drug-likeness (QED) is 0.678. The highest BCUT2D eigenvalue weighted by Crippen LogP contribution is 2.31. The van der Waals surface area contributed by atoms with Crippen LogP contribution in [0.5, 0.6) is 0 Å². The molecule has 0 fully saturated rings. The van der Waals surface area contributed by atoms with Gasteiger partial charge in [-0.3, -0.25) is 9.48 Å². The number of amides is 1. The first-order valence-electron chi connectivity index (χ1n) is 8.61. The van der Waals surface area contributed by atoms with E-state index in [0.29, 0.717) is 22.0 Å². The van der Waals surface area contributed by atoms with Crippen LogP contribution in [0.4, 0.5) is 5.00 Å². The molecular weight excluding hydrogens is 364 g/mol. The maximum atomic E-state index is 12.7. The van der Waals surface area contributed by atoms with Crippen LogP contribution in [0.2, 0.25) is 0 Å². The highest BCUT2D eigenvalue weighted by atomic mass is 32.1. The smallest absolute Gasteiger partial charge is 0.341 e. The van der Waals surface area contributed by atoms with Gasteiger partial charge >= 0.3 is 5.97 Å². The molecule has 0 radical (unpaired) electrons. The maximum absolute atomic E-state index is 12.7. The molecule has 0 bridgehead atoms. The molecule has 0 saturated heterocycles. The number of thiophene rings is 1. The number of methoxy groups -OCH3 is 1. The first-order chi connectivity index (χ1) is 12.8. The van der Waals surface area contributed by atoms with Gasteiger partial charge in [0.05, 0.1) is 23.9 Å². The number of aryl methyl sites for hydroxylation is 2. The Morgan fingerprint density at radius 3 is 2.78 bits per heavy atom. The molecule has 0 aliphatic carbocycles. The Bertz CT molecular complexity index is 1020. The van der Waals surface area contributed by atoms with Crippen molar-refractivity contribution in [3.8, 4) is 0 Å². The van der Waals surface area contributed by atoms with Gasteiger partial charge in [0.1, 0.15) is 5.00 Å². The van der Waals surface area contributed by atoms with E-state index >= 15 is 0 Å². The van der Waals surface area contributed by atoms with Crippen molar-refractivity contribution in [1.29, 1.82) is 0 Å². The van der Waals surface area contributed by atoms with Crippen LogP contribution in [0.15, 0.2) is 17.6 Å². The molecule has 0 aromatic carbocycles. The summed E-state index contributed by atoms with van der Waals surface area (Å²) < 4.78 is 6.59. The SMILES string of the molecule is COC(=O)c1c(CC(C)C)csc1NC(=O)c1cnc2c(c1)c(C)nn2C. The molecule has 1 N–H and O–H groups in total. The Morgan fingerprint density at radius 1 is 1.37 bits per heavy atom. The van der Waals surface area contributed by atoms with E-state index in [9.17, 15) is 9.59 Å². The van der Waals surface area contributed by atoms with Crippen LogP contribution in [0.1, 0.15) is 45.8 Å². The fraction of sp³-hybridized carbons (Fsp3) is 0.368. The van der Waals surface area contributed by atoms with Gasteiger partial charge in [-0.2, -0.15) is 5.10 Å². The van der Waals surface area contributed by atoms with Gasteiger partial charge < -0.3 is 10.1 Å². The Hall–Kier alpha value is -2.74. The summed E-state index contributed by atoms with van der Waals surface area (Å²) in [5.74, 6) is -0.388. The molecular formula is C19H22N4O3S. The summed E-state index contributed by atoms with van der Waals surface area (Å²) in [5.41, 5.74) is 3.24. The predicted molar refractivity (Wildman–Crippen MR) is 105 cm³/mol. The molecule has 7 nitrogen and oxygen atoms in total. The molecule has 0 unspecified atom stereocenters. The van der Waals surface area contributed by atoms with Gasteiger partial charge in [0, 0.05) is 18.6 Å². The van der Waals surface area contributed by atoms with Gasteiger partial charge in [-0.1, -0.05) is 13.8 Å². The zero-order valence-electron chi connectivity index (χ0n) is 16.0. The van der Waals surface area contributed by atoms with Crippen LogP contribution in [-0.4, -0.2) is 33.8 Å². The van der Waals surface area contributed by atoms with Crippen molar-refractivity contribution in [2.24, 2.45) is 13.0 Å². The van der Waals surface area contributed by atoms with Gasteiger partial charge in [0.25, 0.3) is 5.91 Å². The predicted octanol–water partition coefficient (Wildman–Crippen LogP) is 3.58. The number of nitrogens with one attached hydrogen (secondary N) is 1. The summed E-state index contributed by atoms with van der Waals surface area (Å²) in [4.78, 5) is 29.3. The molecule has 0 spiro atoms. The summed E-state index contributed by atoms with van der Waals surface area (Å²) in [7, 11) is 3.15. The van der Waals surface area contributed by atoms with Crippen molar-refractivity contribution in [3.05, 3.63) is 40.0 Å². The van der Waals surface area contributed by atoms with E-state index in [-0.39, 0.29) is 5.91 Å². The Kier molecular flexibility index (Phi) is 5.27. The lowest BCUT2D eigenvalue weighted by atomic mass is 10.0. The molecule has 8 heteroatoms. The molecule has 1 amide bonds. The lowest BCUT2D eigenvalue weighted by Crippen LogP contribution is -2.15. The van der Waals surface area contributed by atoms with Crippen molar-refractivity contribution in [2.75, 3.05) is 12.4 Å². The summed E-state index contributed by atoms with van der Waals surface area (Å²) in [6.07, 6.45) is 2.25. The minimum absolute atomic E-state index is 0.323. The van der Waals surface area contributed by atoms with Crippen molar-refractivity contribution in [3.63, 3.8) is 0 Å². The van der Waals surface area contributed by atoms with Crippen molar-refractivity contribution in [2.45, 2.75) is 27.2 Å². The van der Waals surface area contributed by atoms with E-state index in [1.807, 2.05) is 19.4 Å². The first kappa shape index (κ1) is 19.0. The third-order valence-corrected chi connectivity index (χ3v) is 5.18. The fourth-order valence-corrected chi connectivity index (χ4v) is 3.97. The van der Waals surface area contributed by atoms with Gasteiger partial charge in [0.2, 0.25) is 0 Å². The van der Waals surface area contributed by atoms with Gasteiger partial charge in [-0.05, 0) is 36.3 Å². The van der Waals surface area contributed by atoms with Crippen molar-refractivity contribution >= 4 is 39.2 Å². The zero-order chi connectivity index (χ0) is 19.7. The monoisotopic (exact) mass is 386 g/mol. The number of esters is 1. The van der Waals surface area contributed by atoms with E-state index < -0.39 is 5.97 Å². The molecule has 3 aromatic rings. The second kappa shape index (κ2) is 7.48. The lowest BCUT2D eigenvalue weighted by Gasteiger charge is -2.09. The second-order valence-electron chi connectivity index (χ2n) is 6.81. The lowest BCUT2D eigenvalue weighted by molar-refractivity contribution is 0.0601. The van der Waals surface area contributed by atoms with Crippen molar-refractivity contribution < 1.29 is 14.3 Å². The highest BCUT2D eigenvalue weighted by molar-refractivity contribution is 7.15. The number of hydrogen-bond donors (Lipinski definition) is 1. The van der Waals surface area contributed by atoms with Gasteiger partial charge in [-0.25, -0.2) is 9.78 Å². The summed E-state index contributed by atoms with van der Waals surface area (Å²) in [5, 5.41) is 10.4. The molecule has 3 aromatic heterocycles. The van der Waals surface area contributed by atoms with E-state index in [4.69, 9.17) is 4.74 Å². The molecule has 27 heavy (non-hydrogen) atoms. The number of fused-ring (bicyclic) bond motifs is 1. The molecule has 3 heterocycles. The molecule has 0 saturated carbocycles. The van der Waals surface area contributed by atoms with Crippen LogP contribution < -0.4 is 5.32 Å². The number of ether oxygens (including phenoxy) is 1. The minimum Gasteiger partial charge on any atom is -0.465 e. The second-order valence-corrected chi connectivity index (χ2v) is 7.69. The van der Waals surface area contributed by atoms with Gasteiger partial charge in [0.15, 0.2) is 5.65 Å². The Labute approximate surface area is 161 Å². The van der Waals surface area contributed by atoms with Crippen LogP contribution in [0, 0.1) is 12.8 Å². The van der Waals surface area contributed by atoms with E-state index in [2.05, 4.69) is 29.2 Å². The van der Waals surface area contributed by atoms with Crippen LogP contribution in [-0.2, 0) is 18.2 Å². The Balaban J connectivity index is 1.93. The van der Waals surface area contributed by atoms with Crippen molar-refractivity contribution in [1.82, 2.24) is 14.8 Å². The minimum atomic E-state index is -0.445. The average molecular weight is 386 g/mol. The number of aromatic nitrogens is 3. The van der Waals surface area contributed by atoms with E-state index in [0.717, 1.165) is 28.7 Å². The zero-order valence-corrected chi connectivity index (χ0v) is 16.8. The highest BCUT2D eigenvalue weighted by Gasteiger charge is 2.22. The number of pyridine rings is 1. The van der Waals surface area contributed by atoms with Crippen LogP contribution >= 0.6 is 11.3 Å². The number of hydrogen-bond acceptors (Lipinski definition) is 6. The number of anilines is 1. The largest absolute Gasteiger partial charge is 0.465 e. The normalized spacial score (nSPS) is 11.2. The fourth-order valence-electron chi connectivity index (χ4n) is 3.01. The first-order valence-corrected chi connectivity index (χ1v) is 9.49. The Morgan fingerprint density at radius 2 is 2.11 bits per heavy atom. The number of carbonyl (C=O) groups excluding carboxylic acids is 2. The number of rotatable bonds is 5. The van der Waals surface area contributed by atoms with E-state index in [1.54, 1.807) is 10.7 Å². The molecule has 0 atom stereocenters. The maximum Gasteiger partial charge on any atom is 0.341 e.